The molecule has 1 amide bonds. The number of nitrogens with one attached hydrogen (secondary N) is 1. The fraction of sp³-hybridized carbons (Fsp3) is 0.150. The van der Waals surface area contributed by atoms with E-state index in [2.05, 4.69) is 15.3 Å². The Kier molecular flexibility index (Phi) is 4.75. The molecular formula is C20H19N3O2. The van der Waals surface area contributed by atoms with Crippen LogP contribution in [0.2, 0.25) is 0 Å². The summed E-state index contributed by atoms with van der Waals surface area (Å²) in [5.41, 5.74) is 2.39. The smallest absolute Gasteiger partial charge is 0.259 e. The fourth-order valence-electron chi connectivity index (χ4n) is 2.67. The Hall–Kier alpha value is -3.21. The third-order valence-electron chi connectivity index (χ3n) is 3.72. The molecule has 5 nitrogen and oxygen atoms in total. The highest BCUT2D eigenvalue weighted by Crippen LogP contribution is 2.29. The van der Waals surface area contributed by atoms with Crippen molar-refractivity contribution in [2.24, 2.45) is 0 Å². The second-order valence-corrected chi connectivity index (χ2v) is 5.68. The average molecular weight is 333 g/mol. The van der Waals surface area contributed by atoms with E-state index in [1.165, 1.54) is 0 Å². The lowest BCUT2D eigenvalue weighted by molar-refractivity contribution is 0.102. The third-order valence-corrected chi connectivity index (χ3v) is 3.72. The molecule has 0 unspecified atom stereocenters. The molecule has 25 heavy (non-hydrogen) atoms. The summed E-state index contributed by atoms with van der Waals surface area (Å²) in [7, 11) is 0. The van der Waals surface area contributed by atoms with Gasteiger partial charge in [0.15, 0.2) is 5.75 Å². The van der Waals surface area contributed by atoms with Crippen molar-refractivity contribution in [3.05, 3.63) is 77.4 Å². The topological polar surface area (TPSA) is 64.1 Å². The van der Waals surface area contributed by atoms with E-state index < -0.39 is 0 Å². The molecular weight excluding hydrogens is 314 g/mol. The molecule has 3 rings (SSSR count). The van der Waals surface area contributed by atoms with Crippen LogP contribution in [0.25, 0.3) is 0 Å². The highest BCUT2D eigenvalue weighted by Gasteiger charge is 2.17. The van der Waals surface area contributed by atoms with E-state index in [4.69, 9.17) is 4.74 Å². The number of aryl methyl sites for hydroxylation is 3. The molecule has 0 atom stereocenters. The summed E-state index contributed by atoms with van der Waals surface area (Å²) in [5, 5.41) is 2.90. The predicted molar refractivity (Wildman–Crippen MR) is 97.2 cm³/mol. The van der Waals surface area contributed by atoms with Crippen molar-refractivity contribution in [3.63, 3.8) is 0 Å². The number of carbonyl (C=O) groups excluding carboxylic acids is 1. The lowest BCUT2D eigenvalue weighted by Crippen LogP contribution is -2.17. The first-order valence-corrected chi connectivity index (χ1v) is 7.99. The molecule has 0 aliphatic rings. The van der Waals surface area contributed by atoms with Gasteiger partial charge in [-0.1, -0.05) is 30.3 Å². The van der Waals surface area contributed by atoms with E-state index in [0.29, 0.717) is 40.0 Å². The van der Waals surface area contributed by atoms with Crippen LogP contribution in [0.5, 0.6) is 11.5 Å². The molecule has 1 heterocycles. The van der Waals surface area contributed by atoms with Crippen LogP contribution in [0.15, 0.2) is 54.6 Å². The molecule has 0 spiro atoms. The molecule has 126 valence electrons. The molecule has 5 heteroatoms. The first-order valence-electron chi connectivity index (χ1n) is 7.99. The second-order valence-electron chi connectivity index (χ2n) is 5.68. The van der Waals surface area contributed by atoms with Gasteiger partial charge in [0.2, 0.25) is 0 Å². The Bertz CT molecular complexity index is 885. The summed E-state index contributed by atoms with van der Waals surface area (Å²) in [5.74, 6) is 1.68. The molecule has 0 saturated carbocycles. The Morgan fingerprint density at radius 3 is 2.16 bits per heavy atom. The lowest BCUT2D eigenvalue weighted by atomic mass is 10.1. The SMILES string of the molecule is Cc1nc(C)c(C(=O)Nc2ccccc2Oc2ccccc2)c(C)n1. The molecule has 0 radical (unpaired) electrons. The maximum atomic E-state index is 12.7. The summed E-state index contributed by atoms with van der Waals surface area (Å²) < 4.78 is 5.88. The molecule has 2 aromatic carbocycles. The number of aromatic nitrogens is 2. The zero-order chi connectivity index (χ0) is 17.8. The minimum Gasteiger partial charge on any atom is -0.455 e. The summed E-state index contributed by atoms with van der Waals surface area (Å²) in [6.07, 6.45) is 0. The molecule has 0 aliphatic carbocycles. The van der Waals surface area contributed by atoms with Gasteiger partial charge >= 0.3 is 0 Å². The quantitative estimate of drug-likeness (QED) is 0.766. The number of rotatable bonds is 4. The Morgan fingerprint density at radius 2 is 1.48 bits per heavy atom. The van der Waals surface area contributed by atoms with Gasteiger partial charge in [0.05, 0.1) is 22.6 Å². The van der Waals surface area contributed by atoms with Gasteiger partial charge in [0, 0.05) is 0 Å². The number of nitrogens with zero attached hydrogens (tertiary/aromatic N) is 2. The van der Waals surface area contributed by atoms with Gasteiger partial charge in [-0.05, 0) is 45.0 Å². The third kappa shape index (κ3) is 3.83. The zero-order valence-electron chi connectivity index (χ0n) is 14.4. The molecule has 1 aromatic heterocycles. The van der Waals surface area contributed by atoms with Crippen molar-refractivity contribution in [2.75, 3.05) is 5.32 Å². The number of hydrogen-bond donors (Lipinski definition) is 1. The Morgan fingerprint density at radius 1 is 0.880 bits per heavy atom. The highest BCUT2D eigenvalue weighted by atomic mass is 16.5. The summed E-state index contributed by atoms with van der Waals surface area (Å²) in [6, 6.07) is 16.8. The van der Waals surface area contributed by atoms with Gasteiger partial charge in [-0.3, -0.25) is 4.79 Å². The van der Waals surface area contributed by atoms with Crippen LogP contribution in [0, 0.1) is 20.8 Å². The van der Waals surface area contributed by atoms with Gasteiger partial charge in [0.25, 0.3) is 5.91 Å². The summed E-state index contributed by atoms with van der Waals surface area (Å²) in [6.45, 7) is 5.43. The normalized spacial score (nSPS) is 10.4. The van der Waals surface area contributed by atoms with Gasteiger partial charge in [-0.15, -0.1) is 0 Å². The van der Waals surface area contributed by atoms with Crippen LogP contribution < -0.4 is 10.1 Å². The maximum Gasteiger partial charge on any atom is 0.259 e. The van der Waals surface area contributed by atoms with Crippen molar-refractivity contribution >= 4 is 11.6 Å². The summed E-state index contributed by atoms with van der Waals surface area (Å²) in [4.78, 5) is 21.3. The number of ether oxygens (including phenoxy) is 1. The van der Waals surface area contributed by atoms with Crippen LogP contribution in [0.4, 0.5) is 5.69 Å². The number of carbonyl (C=O) groups is 1. The lowest BCUT2D eigenvalue weighted by Gasteiger charge is -2.14. The Labute approximate surface area is 146 Å². The summed E-state index contributed by atoms with van der Waals surface area (Å²) >= 11 is 0. The molecule has 0 bridgehead atoms. The van der Waals surface area contributed by atoms with Gasteiger partial charge in [0.1, 0.15) is 11.6 Å². The van der Waals surface area contributed by atoms with Crippen LogP contribution in [0.1, 0.15) is 27.6 Å². The van der Waals surface area contributed by atoms with Crippen molar-refractivity contribution < 1.29 is 9.53 Å². The van der Waals surface area contributed by atoms with Crippen molar-refractivity contribution in [3.8, 4) is 11.5 Å². The van der Waals surface area contributed by atoms with Gasteiger partial charge in [-0.2, -0.15) is 0 Å². The maximum absolute atomic E-state index is 12.7. The number of anilines is 1. The standard InChI is InChI=1S/C20H19N3O2/c1-13-19(14(2)22-15(3)21-13)20(24)23-17-11-7-8-12-18(17)25-16-9-5-4-6-10-16/h4-12H,1-3H3,(H,23,24). The average Bonchev–Trinajstić information content (AvgIpc) is 2.56. The van der Waals surface area contributed by atoms with Crippen LogP contribution in [-0.4, -0.2) is 15.9 Å². The first-order chi connectivity index (χ1) is 12.0. The number of benzene rings is 2. The van der Waals surface area contributed by atoms with Crippen molar-refractivity contribution in [2.45, 2.75) is 20.8 Å². The Balaban J connectivity index is 1.88. The molecule has 3 aromatic rings. The number of amides is 1. The van der Waals surface area contributed by atoms with Gasteiger partial charge in [-0.25, -0.2) is 9.97 Å². The van der Waals surface area contributed by atoms with Crippen LogP contribution >= 0.6 is 0 Å². The highest BCUT2D eigenvalue weighted by molar-refractivity contribution is 6.06. The monoisotopic (exact) mass is 333 g/mol. The van der Waals surface area contributed by atoms with Crippen molar-refractivity contribution in [1.82, 2.24) is 9.97 Å². The molecule has 0 fully saturated rings. The molecule has 0 saturated heterocycles. The minimum absolute atomic E-state index is 0.251. The predicted octanol–water partition coefficient (Wildman–Crippen LogP) is 4.45. The number of para-hydroxylation sites is 3. The van der Waals surface area contributed by atoms with E-state index in [9.17, 15) is 4.79 Å². The molecule has 1 N–H and O–H groups in total. The largest absolute Gasteiger partial charge is 0.455 e. The first kappa shape index (κ1) is 16.6. The second kappa shape index (κ2) is 7.13. The van der Waals surface area contributed by atoms with Crippen molar-refractivity contribution in [1.29, 1.82) is 0 Å². The van der Waals surface area contributed by atoms with E-state index >= 15 is 0 Å². The zero-order valence-corrected chi connectivity index (χ0v) is 14.4. The van der Waals surface area contributed by atoms with Crippen LogP contribution in [-0.2, 0) is 0 Å². The van der Waals surface area contributed by atoms with E-state index in [1.54, 1.807) is 6.07 Å². The molecule has 0 aliphatic heterocycles. The minimum atomic E-state index is -0.251. The van der Waals surface area contributed by atoms with Gasteiger partial charge < -0.3 is 10.1 Å². The fourth-order valence-corrected chi connectivity index (χ4v) is 2.67. The van der Waals surface area contributed by atoms with E-state index in [1.807, 2.05) is 69.3 Å². The van der Waals surface area contributed by atoms with Crippen LogP contribution in [0.3, 0.4) is 0 Å². The van der Waals surface area contributed by atoms with E-state index in [-0.39, 0.29) is 5.91 Å². The van der Waals surface area contributed by atoms with E-state index in [0.717, 1.165) is 0 Å². The number of hydrogen-bond acceptors (Lipinski definition) is 4.